The van der Waals surface area contributed by atoms with E-state index in [4.69, 9.17) is 9.41 Å². The molecule has 2 aromatic heterocycles. The molecule has 3 heterocycles. The maximum absolute atomic E-state index is 5.72. The van der Waals surface area contributed by atoms with E-state index >= 15 is 0 Å². The van der Waals surface area contributed by atoms with Crippen molar-refractivity contribution >= 4 is 17.3 Å². The predicted octanol–water partition coefficient (Wildman–Crippen LogP) is 3.62. The quantitative estimate of drug-likeness (QED) is 0.585. The number of hydrogen-bond acceptors (Lipinski definition) is 4. The molecular weight excluding hydrogens is 332 g/mol. The molecule has 1 atom stereocenters. The number of nitrogens with zero attached hydrogens (tertiary/aromatic N) is 2. The number of guanidine groups is 1. The van der Waals surface area contributed by atoms with Gasteiger partial charge in [-0.1, -0.05) is 6.42 Å². The third-order valence-electron chi connectivity index (χ3n) is 4.51. The van der Waals surface area contributed by atoms with Crippen molar-refractivity contribution < 1.29 is 4.42 Å². The second kappa shape index (κ2) is 9.63. The van der Waals surface area contributed by atoms with Gasteiger partial charge in [0.1, 0.15) is 5.76 Å². The molecule has 0 saturated carbocycles. The third kappa shape index (κ3) is 5.34. The molecule has 1 aliphatic rings. The molecule has 6 heteroatoms. The molecule has 5 nitrogen and oxygen atoms in total. The van der Waals surface area contributed by atoms with Crippen LogP contribution in [0.5, 0.6) is 0 Å². The number of furan rings is 1. The Kier molecular flexibility index (Phi) is 6.94. The van der Waals surface area contributed by atoms with Gasteiger partial charge in [-0.2, -0.15) is 11.3 Å². The predicted molar refractivity (Wildman–Crippen MR) is 104 cm³/mol. The Balaban J connectivity index is 1.64. The fourth-order valence-electron chi connectivity index (χ4n) is 3.21. The molecule has 1 saturated heterocycles. The maximum atomic E-state index is 5.72. The van der Waals surface area contributed by atoms with E-state index in [-0.39, 0.29) is 6.04 Å². The van der Waals surface area contributed by atoms with Crippen molar-refractivity contribution in [1.29, 1.82) is 0 Å². The Hall–Kier alpha value is -1.79. The Morgan fingerprint density at radius 2 is 2.16 bits per heavy atom. The van der Waals surface area contributed by atoms with Crippen LogP contribution in [0.4, 0.5) is 0 Å². The third-order valence-corrected chi connectivity index (χ3v) is 5.24. The van der Waals surface area contributed by atoms with E-state index in [1.165, 1.54) is 24.8 Å². The molecule has 136 valence electrons. The number of rotatable bonds is 7. The molecule has 1 fully saturated rings. The highest BCUT2D eigenvalue weighted by Gasteiger charge is 2.24. The average molecular weight is 361 g/mol. The summed E-state index contributed by atoms with van der Waals surface area (Å²) in [5.41, 5.74) is 1.25. The SMILES string of the molecule is CCNC(=NCc1ccsc1)NCC(c1ccco1)N1CCCCC1. The lowest BCUT2D eigenvalue weighted by Gasteiger charge is -2.33. The summed E-state index contributed by atoms with van der Waals surface area (Å²) in [5.74, 6) is 1.89. The molecule has 2 aromatic rings. The van der Waals surface area contributed by atoms with E-state index < -0.39 is 0 Å². The van der Waals surface area contributed by atoms with Crippen molar-refractivity contribution in [3.63, 3.8) is 0 Å². The summed E-state index contributed by atoms with van der Waals surface area (Å²) in [6.07, 6.45) is 5.63. The van der Waals surface area contributed by atoms with Gasteiger partial charge < -0.3 is 15.1 Å². The van der Waals surface area contributed by atoms with Gasteiger partial charge in [-0.25, -0.2) is 4.99 Å². The number of nitrogens with one attached hydrogen (secondary N) is 2. The van der Waals surface area contributed by atoms with Crippen molar-refractivity contribution in [2.75, 3.05) is 26.2 Å². The van der Waals surface area contributed by atoms with Crippen LogP contribution in [0.1, 0.15) is 43.6 Å². The van der Waals surface area contributed by atoms with Gasteiger partial charge in [-0.15, -0.1) is 0 Å². The maximum Gasteiger partial charge on any atom is 0.191 e. The highest BCUT2D eigenvalue weighted by atomic mass is 32.1. The van der Waals surface area contributed by atoms with Crippen LogP contribution in [0.3, 0.4) is 0 Å². The van der Waals surface area contributed by atoms with Gasteiger partial charge in [0.05, 0.1) is 18.8 Å². The second-order valence-corrected chi connectivity index (χ2v) is 7.12. The van der Waals surface area contributed by atoms with Crippen molar-refractivity contribution in [3.05, 3.63) is 46.5 Å². The minimum Gasteiger partial charge on any atom is -0.468 e. The monoisotopic (exact) mass is 360 g/mol. The molecule has 0 aliphatic carbocycles. The zero-order valence-electron chi connectivity index (χ0n) is 14.9. The molecule has 0 bridgehead atoms. The Bertz CT molecular complexity index is 618. The summed E-state index contributed by atoms with van der Waals surface area (Å²) < 4.78 is 5.72. The minimum absolute atomic E-state index is 0.250. The summed E-state index contributed by atoms with van der Waals surface area (Å²) in [6.45, 7) is 6.71. The van der Waals surface area contributed by atoms with Crippen LogP contribution in [-0.2, 0) is 6.54 Å². The first-order valence-electron chi connectivity index (χ1n) is 9.17. The molecule has 25 heavy (non-hydrogen) atoms. The molecule has 3 rings (SSSR count). The van der Waals surface area contributed by atoms with Crippen molar-refractivity contribution in [2.45, 2.75) is 38.8 Å². The van der Waals surface area contributed by atoms with Crippen LogP contribution in [0, 0.1) is 0 Å². The van der Waals surface area contributed by atoms with Gasteiger partial charge in [-0.3, -0.25) is 4.90 Å². The highest BCUT2D eigenvalue weighted by Crippen LogP contribution is 2.24. The van der Waals surface area contributed by atoms with Crippen LogP contribution < -0.4 is 10.6 Å². The molecule has 0 radical (unpaired) electrons. The molecule has 1 unspecified atom stereocenters. The first-order chi connectivity index (χ1) is 12.4. The van der Waals surface area contributed by atoms with Gasteiger partial charge in [0.15, 0.2) is 5.96 Å². The van der Waals surface area contributed by atoms with E-state index in [9.17, 15) is 0 Å². The van der Waals surface area contributed by atoms with Gasteiger partial charge in [0.2, 0.25) is 0 Å². The Morgan fingerprint density at radius 3 is 2.84 bits per heavy atom. The fraction of sp³-hybridized carbons (Fsp3) is 0.526. The summed E-state index contributed by atoms with van der Waals surface area (Å²) >= 11 is 1.71. The van der Waals surface area contributed by atoms with Gasteiger partial charge in [0, 0.05) is 13.1 Å². The second-order valence-electron chi connectivity index (χ2n) is 6.34. The van der Waals surface area contributed by atoms with Crippen LogP contribution >= 0.6 is 11.3 Å². The van der Waals surface area contributed by atoms with Crippen molar-refractivity contribution in [3.8, 4) is 0 Å². The van der Waals surface area contributed by atoms with Crippen molar-refractivity contribution in [2.24, 2.45) is 4.99 Å². The van der Waals surface area contributed by atoms with Gasteiger partial charge in [0.25, 0.3) is 0 Å². The van der Waals surface area contributed by atoms with E-state index in [0.29, 0.717) is 6.54 Å². The van der Waals surface area contributed by atoms with Crippen LogP contribution in [0.2, 0.25) is 0 Å². The Morgan fingerprint density at radius 1 is 1.28 bits per heavy atom. The first-order valence-corrected chi connectivity index (χ1v) is 10.1. The van der Waals surface area contributed by atoms with E-state index in [1.807, 2.05) is 6.07 Å². The van der Waals surface area contributed by atoms with Crippen LogP contribution in [-0.4, -0.2) is 37.0 Å². The smallest absolute Gasteiger partial charge is 0.191 e. The number of hydrogen-bond donors (Lipinski definition) is 2. The summed E-state index contributed by atoms with van der Waals surface area (Å²) in [6, 6.07) is 6.43. The van der Waals surface area contributed by atoms with Crippen molar-refractivity contribution in [1.82, 2.24) is 15.5 Å². The average Bonchev–Trinajstić information content (AvgIpc) is 3.35. The lowest BCUT2D eigenvalue weighted by molar-refractivity contribution is 0.146. The molecular formula is C19H28N4OS. The minimum atomic E-state index is 0.250. The zero-order chi connectivity index (χ0) is 17.3. The van der Waals surface area contributed by atoms with Crippen LogP contribution in [0.15, 0.2) is 44.6 Å². The zero-order valence-corrected chi connectivity index (χ0v) is 15.7. The highest BCUT2D eigenvalue weighted by molar-refractivity contribution is 7.07. The van der Waals surface area contributed by atoms with E-state index in [2.05, 4.69) is 45.4 Å². The van der Waals surface area contributed by atoms with Crippen LogP contribution in [0.25, 0.3) is 0 Å². The topological polar surface area (TPSA) is 52.8 Å². The first kappa shape index (κ1) is 18.0. The molecule has 0 aromatic carbocycles. The number of thiophene rings is 1. The largest absolute Gasteiger partial charge is 0.468 e. The number of piperidine rings is 1. The molecule has 0 amide bonds. The number of aliphatic imine (C=N–C) groups is 1. The summed E-state index contributed by atoms with van der Waals surface area (Å²) in [7, 11) is 0. The van der Waals surface area contributed by atoms with Gasteiger partial charge >= 0.3 is 0 Å². The normalized spacial score (nSPS) is 17.4. The van der Waals surface area contributed by atoms with E-state index in [1.54, 1.807) is 17.6 Å². The molecule has 2 N–H and O–H groups in total. The molecule has 1 aliphatic heterocycles. The number of likely N-dealkylation sites (tertiary alicyclic amines) is 1. The molecule has 0 spiro atoms. The van der Waals surface area contributed by atoms with Gasteiger partial charge in [-0.05, 0) is 67.4 Å². The Labute approximate surface area is 154 Å². The fourth-order valence-corrected chi connectivity index (χ4v) is 3.87. The lowest BCUT2D eigenvalue weighted by atomic mass is 10.1. The van der Waals surface area contributed by atoms with E-state index in [0.717, 1.165) is 37.9 Å². The lowest BCUT2D eigenvalue weighted by Crippen LogP contribution is -2.44. The summed E-state index contributed by atoms with van der Waals surface area (Å²) in [4.78, 5) is 7.23. The standard InChI is InChI=1S/C19H28N4OS/c1-2-20-19(21-13-16-8-12-25-15-16)22-14-17(18-7-6-11-24-18)23-9-4-3-5-10-23/h6-8,11-12,15,17H,2-5,9-10,13-14H2,1H3,(H2,20,21,22). The summed E-state index contributed by atoms with van der Waals surface area (Å²) in [5, 5.41) is 11.1.